The van der Waals surface area contributed by atoms with Gasteiger partial charge in [0.1, 0.15) is 0 Å². The molecule has 0 aliphatic heterocycles. The van der Waals surface area contributed by atoms with Crippen molar-refractivity contribution in [2.45, 2.75) is 58.5 Å². The molecule has 0 aliphatic rings. The fourth-order valence-electron chi connectivity index (χ4n) is 2.64. The van der Waals surface area contributed by atoms with Crippen LogP contribution in [0.1, 0.15) is 41.5 Å². The Hall–Kier alpha value is 0.832. The largest absolute Gasteiger partial charge is 0.0995 e. The molecule has 0 rings (SSSR count). The van der Waals surface area contributed by atoms with Gasteiger partial charge in [-0.15, -0.1) is 0 Å². The van der Waals surface area contributed by atoms with E-state index in [-0.39, 0.29) is 20.4 Å². The Balaban J connectivity index is 0. The molecule has 0 saturated heterocycles. The molecule has 0 bridgehead atoms. The molecule has 0 amide bonds. The molecule has 0 aromatic rings. The molecule has 14 heavy (non-hydrogen) atoms. The Labute approximate surface area is 105 Å². The predicted octanol–water partition coefficient (Wildman–Crippen LogP) is 4.41. The minimum absolute atomic E-state index is 0. The van der Waals surface area contributed by atoms with Gasteiger partial charge in [0.25, 0.3) is 0 Å². The number of allylic oxidation sites excluding steroid dienone is 1. The summed E-state index contributed by atoms with van der Waals surface area (Å²) in [7, 11) is -0.830. The molecule has 0 radical (unpaired) electrons. The van der Waals surface area contributed by atoms with Crippen LogP contribution in [0.4, 0.5) is 0 Å². The minimum Gasteiger partial charge on any atom is -0.0995 e. The number of rotatable bonds is 5. The number of hydrogen-bond donors (Lipinski definition) is 0. The van der Waals surface area contributed by atoms with E-state index >= 15 is 0 Å². The smallest absolute Gasteiger partial charge is 0.0778 e. The molecular weight excluding hydrogens is 282 g/mol. The second-order valence-corrected chi connectivity index (χ2v) is 10.2. The third-order valence-corrected chi connectivity index (χ3v) is 9.99. The summed E-state index contributed by atoms with van der Waals surface area (Å²) in [5, 5.41) is 0. The Bertz CT molecular complexity index is 140. The van der Waals surface area contributed by atoms with E-state index in [0.29, 0.717) is 0 Å². The van der Waals surface area contributed by atoms with Gasteiger partial charge in [0.05, 0.1) is 23.1 Å². The first kappa shape index (κ1) is 17.2. The van der Waals surface area contributed by atoms with Crippen molar-refractivity contribution in [3.8, 4) is 0 Å². The SMILES string of the molecule is C=CC[P+](C(C)C)(C(C)C)C(C)C.[Pd]. The van der Waals surface area contributed by atoms with Crippen molar-refractivity contribution in [3.63, 3.8) is 0 Å². The molecule has 0 aromatic heterocycles. The molecule has 0 aromatic carbocycles. The van der Waals surface area contributed by atoms with Crippen molar-refractivity contribution < 1.29 is 20.4 Å². The zero-order valence-corrected chi connectivity index (χ0v) is 12.9. The summed E-state index contributed by atoms with van der Waals surface area (Å²) >= 11 is 0. The van der Waals surface area contributed by atoms with E-state index in [0.717, 1.165) is 17.0 Å². The van der Waals surface area contributed by atoms with E-state index in [1.807, 2.05) is 0 Å². The Morgan fingerprint density at radius 1 is 0.929 bits per heavy atom. The summed E-state index contributed by atoms with van der Waals surface area (Å²) in [6, 6.07) is 0. The fourth-order valence-corrected chi connectivity index (χ4v) is 7.93. The average Bonchev–Trinajstić information content (AvgIpc) is 1.97. The van der Waals surface area contributed by atoms with Crippen LogP contribution in [0, 0.1) is 0 Å². The summed E-state index contributed by atoms with van der Waals surface area (Å²) in [4.78, 5) is 0. The van der Waals surface area contributed by atoms with E-state index in [9.17, 15) is 0 Å². The minimum atomic E-state index is -0.830. The van der Waals surface area contributed by atoms with Crippen LogP contribution in [0.3, 0.4) is 0 Å². The van der Waals surface area contributed by atoms with Crippen LogP contribution in [-0.2, 0) is 20.4 Å². The second kappa shape index (κ2) is 7.16. The maximum Gasteiger partial charge on any atom is 0.0778 e. The molecule has 0 N–H and O–H groups in total. The van der Waals surface area contributed by atoms with Crippen LogP contribution in [0.25, 0.3) is 0 Å². The van der Waals surface area contributed by atoms with Gasteiger partial charge in [-0.3, -0.25) is 0 Å². The maximum atomic E-state index is 3.92. The molecule has 88 valence electrons. The van der Waals surface area contributed by atoms with Gasteiger partial charge in [0.2, 0.25) is 0 Å². The van der Waals surface area contributed by atoms with E-state index in [4.69, 9.17) is 0 Å². The van der Waals surface area contributed by atoms with Crippen molar-refractivity contribution >= 4 is 7.26 Å². The maximum absolute atomic E-state index is 3.92. The van der Waals surface area contributed by atoms with Crippen molar-refractivity contribution in [1.29, 1.82) is 0 Å². The normalized spacial score (nSPS) is 12.1. The summed E-state index contributed by atoms with van der Waals surface area (Å²) in [6.45, 7) is 18.2. The van der Waals surface area contributed by atoms with E-state index < -0.39 is 7.26 Å². The van der Waals surface area contributed by atoms with Crippen LogP contribution in [0.15, 0.2) is 12.7 Å². The van der Waals surface area contributed by atoms with Gasteiger partial charge in [0.15, 0.2) is 0 Å². The van der Waals surface area contributed by atoms with Crippen LogP contribution < -0.4 is 0 Å². The van der Waals surface area contributed by atoms with Crippen LogP contribution in [0.2, 0.25) is 0 Å². The number of hydrogen-bond acceptors (Lipinski definition) is 0. The Morgan fingerprint density at radius 2 is 1.21 bits per heavy atom. The van der Waals surface area contributed by atoms with Gasteiger partial charge in [0, 0.05) is 27.7 Å². The van der Waals surface area contributed by atoms with Crippen LogP contribution >= 0.6 is 7.26 Å². The summed E-state index contributed by atoms with van der Waals surface area (Å²) in [5.41, 5.74) is 2.52. The van der Waals surface area contributed by atoms with Gasteiger partial charge in [-0.1, -0.05) is 12.7 Å². The van der Waals surface area contributed by atoms with Crippen molar-refractivity contribution in [2.24, 2.45) is 0 Å². The van der Waals surface area contributed by atoms with E-state index in [2.05, 4.69) is 54.2 Å². The third-order valence-electron chi connectivity index (χ3n) is 3.33. The first-order valence-corrected chi connectivity index (χ1v) is 7.55. The van der Waals surface area contributed by atoms with Crippen LogP contribution in [0.5, 0.6) is 0 Å². The molecule has 0 fully saturated rings. The monoisotopic (exact) mass is 307 g/mol. The zero-order chi connectivity index (χ0) is 10.6. The van der Waals surface area contributed by atoms with Gasteiger partial charge >= 0.3 is 0 Å². The molecular formula is C12H26PPd+. The quantitative estimate of drug-likeness (QED) is 0.401. The molecule has 0 nitrogen and oxygen atoms in total. The van der Waals surface area contributed by atoms with Gasteiger partial charge in [-0.05, 0) is 41.5 Å². The molecule has 0 heterocycles. The standard InChI is InChI=1S/C12H26P.Pd/c1-8-9-13(10(2)3,11(4)5)12(6)7;/h8,10-12H,1,9H2,2-7H3;/q+1;. The zero-order valence-electron chi connectivity index (χ0n) is 10.5. The average molecular weight is 308 g/mol. The molecule has 0 spiro atoms. The van der Waals surface area contributed by atoms with Crippen LogP contribution in [-0.4, -0.2) is 23.1 Å². The first-order valence-electron chi connectivity index (χ1n) is 5.37. The predicted molar refractivity (Wildman–Crippen MR) is 67.4 cm³/mol. The Kier molecular flexibility index (Phi) is 8.82. The molecule has 0 unspecified atom stereocenters. The summed E-state index contributed by atoms with van der Waals surface area (Å²) < 4.78 is 0. The van der Waals surface area contributed by atoms with E-state index in [1.165, 1.54) is 6.16 Å². The van der Waals surface area contributed by atoms with E-state index in [1.54, 1.807) is 0 Å². The second-order valence-electron chi connectivity index (χ2n) is 4.75. The molecule has 0 atom stereocenters. The Morgan fingerprint density at radius 3 is 1.29 bits per heavy atom. The van der Waals surface area contributed by atoms with Crippen molar-refractivity contribution in [2.75, 3.05) is 6.16 Å². The summed E-state index contributed by atoms with van der Waals surface area (Å²) in [5.74, 6) is 0. The van der Waals surface area contributed by atoms with Gasteiger partial charge in [-0.2, -0.15) is 0 Å². The first-order chi connectivity index (χ1) is 5.89. The van der Waals surface area contributed by atoms with Gasteiger partial charge in [-0.25, -0.2) is 0 Å². The van der Waals surface area contributed by atoms with Crippen molar-refractivity contribution in [3.05, 3.63) is 12.7 Å². The topological polar surface area (TPSA) is 0 Å². The molecule has 2 heteroatoms. The summed E-state index contributed by atoms with van der Waals surface area (Å²) in [6.07, 6.45) is 3.38. The third kappa shape index (κ3) is 3.45. The fraction of sp³-hybridized carbons (Fsp3) is 0.833. The van der Waals surface area contributed by atoms with Gasteiger partial charge < -0.3 is 0 Å². The molecule has 0 saturated carbocycles. The molecule has 0 aliphatic carbocycles. The van der Waals surface area contributed by atoms with Crippen molar-refractivity contribution in [1.82, 2.24) is 0 Å².